The Labute approximate surface area is 190 Å². The number of ether oxygens (including phenoxy) is 1. The van der Waals surface area contributed by atoms with E-state index in [2.05, 4.69) is 32.1 Å². The van der Waals surface area contributed by atoms with Crippen molar-refractivity contribution in [1.29, 1.82) is 0 Å². The van der Waals surface area contributed by atoms with Crippen LogP contribution in [0.15, 0.2) is 30.3 Å². The van der Waals surface area contributed by atoms with Crippen molar-refractivity contribution in [2.45, 2.75) is 116 Å². The Bertz CT molecular complexity index is 679. The SMILES string of the molecule is CCCCCCCC1CC=C(c2ccc(C(=O)OC3CCC(CCC)CC3)cc2)CC1. The van der Waals surface area contributed by atoms with E-state index in [1.165, 1.54) is 94.6 Å². The van der Waals surface area contributed by atoms with E-state index in [-0.39, 0.29) is 12.1 Å². The van der Waals surface area contributed by atoms with Gasteiger partial charge in [0.15, 0.2) is 0 Å². The molecule has 172 valence electrons. The van der Waals surface area contributed by atoms with Crippen LogP contribution in [0.3, 0.4) is 0 Å². The molecule has 1 atom stereocenters. The van der Waals surface area contributed by atoms with E-state index in [1.807, 2.05) is 12.1 Å². The van der Waals surface area contributed by atoms with Crippen LogP contribution in [0.2, 0.25) is 0 Å². The monoisotopic (exact) mass is 424 g/mol. The fourth-order valence-electron chi connectivity index (χ4n) is 5.44. The van der Waals surface area contributed by atoms with Crippen molar-refractivity contribution in [2.24, 2.45) is 11.8 Å². The summed E-state index contributed by atoms with van der Waals surface area (Å²) in [5, 5.41) is 0. The minimum absolute atomic E-state index is 0.111. The van der Waals surface area contributed by atoms with Crippen LogP contribution in [0.1, 0.15) is 126 Å². The Balaban J connectivity index is 1.42. The second kappa shape index (κ2) is 13.1. The van der Waals surface area contributed by atoms with Gasteiger partial charge in [-0.05, 0) is 80.1 Å². The number of hydrogen-bond acceptors (Lipinski definition) is 2. The van der Waals surface area contributed by atoms with Crippen molar-refractivity contribution in [3.63, 3.8) is 0 Å². The van der Waals surface area contributed by atoms with Crippen LogP contribution in [0.4, 0.5) is 0 Å². The molecule has 0 spiro atoms. The van der Waals surface area contributed by atoms with Gasteiger partial charge in [-0.15, -0.1) is 0 Å². The Morgan fingerprint density at radius 1 is 0.839 bits per heavy atom. The van der Waals surface area contributed by atoms with Gasteiger partial charge in [-0.25, -0.2) is 4.79 Å². The second-order valence-electron chi connectivity index (χ2n) is 9.99. The highest BCUT2D eigenvalue weighted by Gasteiger charge is 2.24. The average Bonchev–Trinajstić information content (AvgIpc) is 2.81. The highest BCUT2D eigenvalue weighted by molar-refractivity contribution is 5.90. The number of allylic oxidation sites excluding steroid dienone is 2. The zero-order valence-corrected chi connectivity index (χ0v) is 20.0. The quantitative estimate of drug-likeness (QED) is 0.262. The molecule has 1 unspecified atom stereocenters. The minimum Gasteiger partial charge on any atom is -0.459 e. The fraction of sp³-hybridized carbons (Fsp3) is 0.690. The van der Waals surface area contributed by atoms with Gasteiger partial charge in [-0.1, -0.05) is 83.4 Å². The number of carbonyl (C=O) groups excluding carboxylic acids is 1. The predicted octanol–water partition coefficient (Wildman–Crippen LogP) is 8.75. The smallest absolute Gasteiger partial charge is 0.338 e. The normalized spacial score (nSPS) is 23.9. The zero-order chi connectivity index (χ0) is 21.9. The number of carbonyl (C=O) groups is 1. The molecule has 0 saturated heterocycles. The Hall–Kier alpha value is -1.57. The third-order valence-corrected chi connectivity index (χ3v) is 7.49. The summed E-state index contributed by atoms with van der Waals surface area (Å²) in [4.78, 5) is 12.6. The molecule has 3 rings (SSSR count). The van der Waals surface area contributed by atoms with Crippen molar-refractivity contribution in [3.8, 4) is 0 Å². The lowest BCUT2D eigenvalue weighted by Gasteiger charge is -2.28. The third kappa shape index (κ3) is 7.81. The molecule has 0 N–H and O–H groups in total. The van der Waals surface area contributed by atoms with Crippen molar-refractivity contribution >= 4 is 11.5 Å². The summed E-state index contributed by atoms with van der Waals surface area (Å²) >= 11 is 0. The molecule has 0 heterocycles. The molecule has 1 aromatic rings. The predicted molar refractivity (Wildman–Crippen MR) is 131 cm³/mol. The highest BCUT2D eigenvalue weighted by atomic mass is 16.5. The summed E-state index contributed by atoms with van der Waals surface area (Å²) in [6.07, 6.45) is 21.6. The fourth-order valence-corrected chi connectivity index (χ4v) is 5.44. The summed E-state index contributed by atoms with van der Waals surface area (Å²) in [6.45, 7) is 4.54. The van der Waals surface area contributed by atoms with Gasteiger partial charge in [-0.2, -0.15) is 0 Å². The molecule has 0 bridgehead atoms. The first-order valence-electron chi connectivity index (χ1n) is 13.2. The average molecular weight is 425 g/mol. The number of unbranched alkanes of at least 4 members (excludes halogenated alkanes) is 4. The molecule has 2 aliphatic carbocycles. The minimum atomic E-state index is -0.147. The van der Waals surface area contributed by atoms with Crippen LogP contribution in [0.25, 0.3) is 5.57 Å². The lowest BCUT2D eigenvalue weighted by molar-refractivity contribution is 0.0161. The molecule has 1 aromatic carbocycles. The topological polar surface area (TPSA) is 26.3 Å². The first kappa shape index (κ1) is 24.1. The second-order valence-corrected chi connectivity index (χ2v) is 9.99. The van der Waals surface area contributed by atoms with Gasteiger partial charge in [0.25, 0.3) is 0 Å². The van der Waals surface area contributed by atoms with Crippen LogP contribution in [-0.2, 0) is 4.74 Å². The molecule has 2 nitrogen and oxygen atoms in total. The molecule has 2 aliphatic rings. The van der Waals surface area contributed by atoms with Gasteiger partial charge >= 0.3 is 5.97 Å². The van der Waals surface area contributed by atoms with Crippen LogP contribution in [0, 0.1) is 11.8 Å². The number of hydrogen-bond donors (Lipinski definition) is 0. The summed E-state index contributed by atoms with van der Waals surface area (Å²) in [6, 6.07) is 8.15. The van der Waals surface area contributed by atoms with Gasteiger partial charge in [-0.3, -0.25) is 0 Å². The molecule has 1 saturated carbocycles. The summed E-state index contributed by atoms with van der Waals surface area (Å²) in [5.74, 6) is 1.56. The summed E-state index contributed by atoms with van der Waals surface area (Å²) in [5.41, 5.74) is 3.43. The van der Waals surface area contributed by atoms with E-state index in [1.54, 1.807) is 0 Å². The molecule has 0 radical (unpaired) electrons. The Morgan fingerprint density at radius 3 is 2.23 bits per heavy atom. The van der Waals surface area contributed by atoms with Gasteiger partial charge in [0.2, 0.25) is 0 Å². The van der Waals surface area contributed by atoms with E-state index >= 15 is 0 Å². The van der Waals surface area contributed by atoms with Gasteiger partial charge in [0.1, 0.15) is 6.10 Å². The highest BCUT2D eigenvalue weighted by Crippen LogP contribution is 2.33. The third-order valence-electron chi connectivity index (χ3n) is 7.49. The van der Waals surface area contributed by atoms with Gasteiger partial charge in [0, 0.05) is 0 Å². The van der Waals surface area contributed by atoms with E-state index in [4.69, 9.17) is 4.74 Å². The van der Waals surface area contributed by atoms with Crippen LogP contribution < -0.4 is 0 Å². The molecule has 2 heteroatoms. The summed E-state index contributed by atoms with van der Waals surface area (Å²) in [7, 11) is 0. The number of esters is 1. The first-order chi connectivity index (χ1) is 15.2. The molecule has 0 amide bonds. The molecule has 0 aromatic heterocycles. The van der Waals surface area contributed by atoms with E-state index in [9.17, 15) is 4.79 Å². The molecule has 31 heavy (non-hydrogen) atoms. The maximum atomic E-state index is 12.6. The largest absolute Gasteiger partial charge is 0.459 e. The number of benzene rings is 1. The van der Waals surface area contributed by atoms with Gasteiger partial charge < -0.3 is 4.74 Å². The maximum absolute atomic E-state index is 12.6. The Morgan fingerprint density at radius 2 is 1.58 bits per heavy atom. The van der Waals surface area contributed by atoms with Crippen molar-refractivity contribution in [2.75, 3.05) is 0 Å². The van der Waals surface area contributed by atoms with E-state index < -0.39 is 0 Å². The lowest BCUT2D eigenvalue weighted by atomic mass is 9.83. The standard InChI is InChI=1S/C29H44O2/c1-3-5-6-7-8-10-24-11-15-25(16-12-24)26-17-19-27(20-18-26)29(30)31-28-21-13-23(9-4-2)14-22-28/h15,17-20,23-24,28H,3-14,16,21-22H2,1-2H3. The first-order valence-corrected chi connectivity index (χ1v) is 13.2. The number of rotatable bonds is 11. The van der Waals surface area contributed by atoms with E-state index in [0.717, 1.165) is 24.7 Å². The van der Waals surface area contributed by atoms with Crippen molar-refractivity contribution in [1.82, 2.24) is 0 Å². The molecule has 0 aliphatic heterocycles. The summed E-state index contributed by atoms with van der Waals surface area (Å²) < 4.78 is 5.81. The van der Waals surface area contributed by atoms with Gasteiger partial charge in [0.05, 0.1) is 5.56 Å². The molecular weight excluding hydrogens is 380 g/mol. The molecule has 1 fully saturated rings. The van der Waals surface area contributed by atoms with E-state index in [0.29, 0.717) is 5.56 Å². The van der Waals surface area contributed by atoms with Crippen LogP contribution in [-0.4, -0.2) is 12.1 Å². The van der Waals surface area contributed by atoms with Crippen LogP contribution >= 0.6 is 0 Å². The van der Waals surface area contributed by atoms with Crippen molar-refractivity contribution < 1.29 is 9.53 Å². The maximum Gasteiger partial charge on any atom is 0.338 e. The van der Waals surface area contributed by atoms with Crippen LogP contribution in [0.5, 0.6) is 0 Å². The zero-order valence-electron chi connectivity index (χ0n) is 20.0. The van der Waals surface area contributed by atoms with Crippen molar-refractivity contribution in [3.05, 3.63) is 41.5 Å². The Kier molecular flexibility index (Phi) is 10.2. The molecular formula is C29H44O2. The lowest BCUT2D eigenvalue weighted by Crippen LogP contribution is -2.24.